The maximum absolute atomic E-state index is 9.02. The van der Waals surface area contributed by atoms with Crippen molar-refractivity contribution in [3.8, 4) is 17.2 Å². The number of nitriles is 1. The van der Waals surface area contributed by atoms with E-state index in [0.29, 0.717) is 11.3 Å². The van der Waals surface area contributed by atoms with E-state index < -0.39 is 0 Å². The number of nitrogens with zero attached hydrogens (tertiary/aromatic N) is 1. The van der Waals surface area contributed by atoms with Gasteiger partial charge in [0, 0.05) is 10.6 Å². The van der Waals surface area contributed by atoms with Gasteiger partial charge in [0.15, 0.2) is 0 Å². The van der Waals surface area contributed by atoms with Gasteiger partial charge in [-0.1, -0.05) is 31.5 Å². The molecule has 0 saturated carbocycles. The van der Waals surface area contributed by atoms with E-state index in [4.69, 9.17) is 11.0 Å². The van der Waals surface area contributed by atoms with Crippen molar-refractivity contribution in [1.82, 2.24) is 0 Å². The molecule has 0 aliphatic heterocycles. The summed E-state index contributed by atoms with van der Waals surface area (Å²) in [6, 6.07) is 16.2. The molecule has 0 bridgehead atoms. The second-order valence-corrected chi connectivity index (χ2v) is 5.81. The Kier molecular flexibility index (Phi) is 5.09. The average Bonchev–Trinajstić information content (AvgIpc) is 2.49. The van der Waals surface area contributed by atoms with Gasteiger partial charge < -0.3 is 5.73 Å². The fraction of sp³-hybridized carbons (Fsp3) is 0.235. The van der Waals surface area contributed by atoms with Crippen LogP contribution in [0.4, 0.5) is 5.69 Å². The fourth-order valence-corrected chi connectivity index (χ4v) is 2.91. The predicted molar refractivity (Wildman–Crippen MR) is 86.6 cm³/mol. The van der Waals surface area contributed by atoms with Crippen LogP contribution in [0.3, 0.4) is 0 Å². The third kappa shape index (κ3) is 3.55. The van der Waals surface area contributed by atoms with Crippen molar-refractivity contribution in [2.75, 3.05) is 11.5 Å². The Bertz CT molecular complexity index is 612. The zero-order chi connectivity index (χ0) is 14.4. The number of hydrogen-bond acceptors (Lipinski definition) is 3. The number of thioether (sulfide) groups is 1. The van der Waals surface area contributed by atoms with Gasteiger partial charge in [-0.25, -0.2) is 0 Å². The maximum Gasteiger partial charge on any atom is 0.101 e. The molecule has 3 heteroatoms. The van der Waals surface area contributed by atoms with Crippen molar-refractivity contribution in [1.29, 1.82) is 5.26 Å². The summed E-state index contributed by atoms with van der Waals surface area (Å²) in [7, 11) is 0. The zero-order valence-electron chi connectivity index (χ0n) is 11.6. The second-order valence-electron chi connectivity index (χ2n) is 4.64. The first-order chi connectivity index (χ1) is 9.74. The first kappa shape index (κ1) is 14.5. The molecular weight excluding hydrogens is 264 g/mol. The monoisotopic (exact) mass is 282 g/mol. The minimum absolute atomic E-state index is 0.531. The van der Waals surface area contributed by atoms with Gasteiger partial charge in [0.1, 0.15) is 6.07 Å². The fourth-order valence-electron chi connectivity index (χ4n) is 1.91. The van der Waals surface area contributed by atoms with Crippen molar-refractivity contribution >= 4 is 17.4 Å². The lowest BCUT2D eigenvalue weighted by Crippen LogP contribution is -1.90. The van der Waals surface area contributed by atoms with E-state index in [0.717, 1.165) is 16.9 Å². The molecule has 0 unspecified atom stereocenters. The molecule has 0 saturated heterocycles. The molecule has 0 aliphatic rings. The van der Waals surface area contributed by atoms with Gasteiger partial charge in [0.2, 0.25) is 0 Å². The molecule has 0 heterocycles. The van der Waals surface area contributed by atoms with Crippen LogP contribution in [0.5, 0.6) is 0 Å². The molecule has 0 radical (unpaired) electrons. The van der Waals surface area contributed by atoms with Crippen molar-refractivity contribution in [3.05, 3.63) is 48.0 Å². The summed E-state index contributed by atoms with van der Waals surface area (Å²) in [5.74, 6) is 1.16. The molecule has 0 aromatic heterocycles. The first-order valence-corrected chi connectivity index (χ1v) is 7.76. The molecule has 102 valence electrons. The lowest BCUT2D eigenvalue weighted by molar-refractivity contribution is 0.896. The third-order valence-corrected chi connectivity index (χ3v) is 4.23. The zero-order valence-corrected chi connectivity index (χ0v) is 12.4. The SMILES string of the molecule is CCCCSc1ccc(-c2ccc(N)c(C#N)c2)cc1. The molecule has 0 spiro atoms. The Morgan fingerprint density at radius 2 is 1.80 bits per heavy atom. The number of nitrogen functional groups attached to an aromatic ring is 1. The minimum atomic E-state index is 0.531. The van der Waals surface area contributed by atoms with Gasteiger partial charge in [-0.05, 0) is 47.6 Å². The van der Waals surface area contributed by atoms with Crippen LogP contribution in [-0.2, 0) is 0 Å². The molecule has 0 amide bonds. The summed E-state index contributed by atoms with van der Waals surface area (Å²) in [5, 5.41) is 9.02. The number of benzene rings is 2. The molecule has 0 aliphatic carbocycles. The van der Waals surface area contributed by atoms with Crippen molar-refractivity contribution in [2.24, 2.45) is 0 Å². The van der Waals surface area contributed by atoms with E-state index in [9.17, 15) is 0 Å². The minimum Gasteiger partial charge on any atom is -0.398 e. The molecule has 20 heavy (non-hydrogen) atoms. The number of hydrogen-bond donors (Lipinski definition) is 1. The van der Waals surface area contributed by atoms with E-state index in [-0.39, 0.29) is 0 Å². The third-order valence-electron chi connectivity index (χ3n) is 3.13. The van der Waals surface area contributed by atoms with Crippen molar-refractivity contribution < 1.29 is 0 Å². The highest BCUT2D eigenvalue weighted by molar-refractivity contribution is 7.99. The van der Waals surface area contributed by atoms with E-state index >= 15 is 0 Å². The van der Waals surface area contributed by atoms with Crippen molar-refractivity contribution in [3.63, 3.8) is 0 Å². The molecule has 2 nitrogen and oxygen atoms in total. The van der Waals surface area contributed by atoms with Crippen LogP contribution in [-0.4, -0.2) is 5.75 Å². The standard InChI is InChI=1S/C17H18N2S/c1-2-3-10-20-16-7-4-13(5-8-16)14-6-9-17(19)15(11-14)12-18/h4-9,11H,2-3,10,19H2,1H3. The average molecular weight is 282 g/mol. The van der Waals surface area contributed by atoms with Crippen LogP contribution >= 0.6 is 11.8 Å². The second kappa shape index (κ2) is 7.02. The van der Waals surface area contributed by atoms with Gasteiger partial charge in [0.25, 0.3) is 0 Å². The highest BCUT2D eigenvalue weighted by Crippen LogP contribution is 2.26. The van der Waals surface area contributed by atoms with E-state index in [2.05, 4.69) is 37.3 Å². The van der Waals surface area contributed by atoms with Gasteiger partial charge in [-0.3, -0.25) is 0 Å². The summed E-state index contributed by atoms with van der Waals surface area (Å²) in [6.45, 7) is 2.21. The summed E-state index contributed by atoms with van der Waals surface area (Å²) in [6.07, 6.45) is 2.48. The largest absolute Gasteiger partial charge is 0.398 e. The maximum atomic E-state index is 9.02. The van der Waals surface area contributed by atoms with Crippen LogP contribution in [0.15, 0.2) is 47.4 Å². The molecule has 2 aromatic carbocycles. The van der Waals surface area contributed by atoms with E-state index in [1.807, 2.05) is 23.9 Å². The number of nitrogens with two attached hydrogens (primary N) is 1. The summed E-state index contributed by atoms with van der Waals surface area (Å²) >= 11 is 1.89. The summed E-state index contributed by atoms with van der Waals surface area (Å²) in [5.41, 5.74) is 8.95. The van der Waals surface area contributed by atoms with Crippen molar-refractivity contribution in [2.45, 2.75) is 24.7 Å². The smallest absolute Gasteiger partial charge is 0.101 e. The molecule has 2 rings (SSSR count). The molecule has 0 fully saturated rings. The Labute approximate surface area is 124 Å². The topological polar surface area (TPSA) is 49.8 Å². The highest BCUT2D eigenvalue weighted by Gasteiger charge is 2.03. The lowest BCUT2D eigenvalue weighted by Gasteiger charge is -2.06. The highest BCUT2D eigenvalue weighted by atomic mass is 32.2. The quantitative estimate of drug-likeness (QED) is 0.491. The van der Waals surface area contributed by atoms with E-state index in [1.165, 1.54) is 17.7 Å². The number of rotatable bonds is 5. The summed E-state index contributed by atoms with van der Waals surface area (Å²) in [4.78, 5) is 1.29. The van der Waals surface area contributed by atoms with Gasteiger partial charge >= 0.3 is 0 Å². The first-order valence-electron chi connectivity index (χ1n) is 6.77. The molecule has 2 N–H and O–H groups in total. The van der Waals surface area contributed by atoms with Gasteiger partial charge in [0.05, 0.1) is 5.56 Å². The molecule has 2 aromatic rings. The Hall–Kier alpha value is -1.92. The molecule has 0 atom stereocenters. The lowest BCUT2D eigenvalue weighted by atomic mass is 10.0. The molecular formula is C17H18N2S. The van der Waals surface area contributed by atoms with Crippen LogP contribution in [0, 0.1) is 11.3 Å². The van der Waals surface area contributed by atoms with Crippen LogP contribution in [0.25, 0.3) is 11.1 Å². The number of unbranched alkanes of at least 4 members (excludes halogenated alkanes) is 1. The predicted octanol–water partition coefficient (Wildman–Crippen LogP) is 4.70. The Balaban J connectivity index is 2.16. The van der Waals surface area contributed by atoms with Gasteiger partial charge in [-0.15, -0.1) is 11.8 Å². The van der Waals surface area contributed by atoms with E-state index in [1.54, 1.807) is 6.07 Å². The van der Waals surface area contributed by atoms with Gasteiger partial charge in [-0.2, -0.15) is 5.26 Å². The van der Waals surface area contributed by atoms with Crippen LogP contribution in [0.2, 0.25) is 0 Å². The number of anilines is 1. The van der Waals surface area contributed by atoms with Crippen LogP contribution < -0.4 is 5.73 Å². The Morgan fingerprint density at radius 1 is 1.10 bits per heavy atom. The summed E-state index contributed by atoms with van der Waals surface area (Å²) < 4.78 is 0. The Morgan fingerprint density at radius 3 is 2.45 bits per heavy atom. The van der Waals surface area contributed by atoms with Crippen LogP contribution in [0.1, 0.15) is 25.3 Å². The normalized spacial score (nSPS) is 10.2.